The highest BCUT2D eigenvalue weighted by Gasteiger charge is 2.28. The Morgan fingerprint density at radius 2 is 2.13 bits per heavy atom. The monoisotopic (exact) mass is 347 g/mol. The zero-order chi connectivity index (χ0) is 17.0. The van der Waals surface area contributed by atoms with Crippen LogP contribution in [-0.4, -0.2) is 21.8 Å². The Bertz CT molecular complexity index is 750. The van der Waals surface area contributed by atoms with Crippen LogP contribution in [0.15, 0.2) is 32.6 Å². The lowest BCUT2D eigenvalue weighted by Gasteiger charge is -2.14. The number of hydrogen-bond acceptors (Lipinski definition) is 4. The molecule has 5 nitrogen and oxygen atoms in total. The molecule has 0 bridgehead atoms. The lowest BCUT2D eigenvalue weighted by Crippen LogP contribution is -2.37. The summed E-state index contributed by atoms with van der Waals surface area (Å²) in [7, 11) is 0. The van der Waals surface area contributed by atoms with Crippen LogP contribution in [0, 0.1) is 0 Å². The molecule has 2 rings (SSSR count). The van der Waals surface area contributed by atoms with E-state index in [1.807, 2.05) is 28.7 Å². The standard InChI is InChI=1S/C14H16F3N3O2S/c1-9(4-10-2-3-23-7-10)18-5-11-6-20(8-14(15,16)17)13(22)19-12(11)21/h2-3,6-7,9,18H,4-5,8H2,1H3,(H,19,21,22)/t9-/m0/s1. The Morgan fingerprint density at radius 3 is 2.74 bits per heavy atom. The van der Waals surface area contributed by atoms with Gasteiger partial charge in [0.1, 0.15) is 6.54 Å². The van der Waals surface area contributed by atoms with E-state index in [0.29, 0.717) is 4.57 Å². The van der Waals surface area contributed by atoms with Gasteiger partial charge in [-0.25, -0.2) is 4.79 Å². The number of nitrogens with zero attached hydrogens (tertiary/aromatic N) is 1. The first kappa shape index (κ1) is 17.5. The number of halogens is 3. The lowest BCUT2D eigenvalue weighted by molar-refractivity contribution is -0.141. The summed E-state index contributed by atoms with van der Waals surface area (Å²) in [5, 5.41) is 7.04. The smallest absolute Gasteiger partial charge is 0.310 e. The van der Waals surface area contributed by atoms with Crippen molar-refractivity contribution in [3.63, 3.8) is 0 Å². The van der Waals surface area contributed by atoms with Gasteiger partial charge in [0, 0.05) is 24.3 Å². The number of rotatable bonds is 6. The molecule has 0 saturated carbocycles. The van der Waals surface area contributed by atoms with Crippen LogP contribution >= 0.6 is 11.3 Å². The zero-order valence-electron chi connectivity index (χ0n) is 12.3. The highest BCUT2D eigenvalue weighted by Crippen LogP contribution is 2.16. The molecule has 0 amide bonds. The predicted octanol–water partition coefficient (Wildman–Crippen LogP) is 1.88. The zero-order valence-corrected chi connectivity index (χ0v) is 13.1. The van der Waals surface area contributed by atoms with Crippen molar-refractivity contribution in [2.45, 2.75) is 38.7 Å². The van der Waals surface area contributed by atoms with Crippen LogP contribution in [0.5, 0.6) is 0 Å². The summed E-state index contributed by atoms with van der Waals surface area (Å²) >= 11 is 1.58. The van der Waals surface area contributed by atoms with Gasteiger partial charge in [0.25, 0.3) is 5.56 Å². The van der Waals surface area contributed by atoms with E-state index in [-0.39, 0.29) is 18.2 Å². The second kappa shape index (κ2) is 7.14. The van der Waals surface area contributed by atoms with Gasteiger partial charge < -0.3 is 5.32 Å². The Morgan fingerprint density at radius 1 is 1.39 bits per heavy atom. The third-order valence-electron chi connectivity index (χ3n) is 3.20. The van der Waals surface area contributed by atoms with Gasteiger partial charge in [-0.2, -0.15) is 24.5 Å². The van der Waals surface area contributed by atoms with E-state index < -0.39 is 24.0 Å². The van der Waals surface area contributed by atoms with Crippen molar-refractivity contribution < 1.29 is 13.2 Å². The van der Waals surface area contributed by atoms with Crippen LogP contribution in [-0.2, 0) is 19.5 Å². The minimum Gasteiger partial charge on any atom is -0.310 e. The van der Waals surface area contributed by atoms with E-state index >= 15 is 0 Å². The van der Waals surface area contributed by atoms with Gasteiger partial charge in [-0.05, 0) is 35.7 Å². The Kier molecular flexibility index (Phi) is 5.42. The first-order chi connectivity index (χ1) is 10.7. The summed E-state index contributed by atoms with van der Waals surface area (Å²) in [4.78, 5) is 25.0. The van der Waals surface area contributed by atoms with Crippen molar-refractivity contribution in [3.05, 3.63) is 55.0 Å². The number of aromatic nitrogens is 2. The molecule has 9 heteroatoms. The van der Waals surface area contributed by atoms with Crippen molar-refractivity contribution in [3.8, 4) is 0 Å². The molecular formula is C14H16F3N3O2S. The molecular weight excluding hydrogens is 331 g/mol. The van der Waals surface area contributed by atoms with Crippen LogP contribution < -0.4 is 16.6 Å². The average molecular weight is 347 g/mol. The molecule has 0 spiro atoms. The molecule has 0 aliphatic rings. The summed E-state index contributed by atoms with van der Waals surface area (Å²) in [6.45, 7) is 0.566. The summed E-state index contributed by atoms with van der Waals surface area (Å²) < 4.78 is 37.7. The van der Waals surface area contributed by atoms with Crippen LogP contribution in [0.2, 0.25) is 0 Å². The molecule has 0 aromatic carbocycles. The van der Waals surface area contributed by atoms with Crippen LogP contribution in [0.1, 0.15) is 18.1 Å². The van der Waals surface area contributed by atoms with E-state index in [4.69, 9.17) is 0 Å². The third kappa shape index (κ3) is 5.36. The van der Waals surface area contributed by atoms with Crippen LogP contribution in [0.4, 0.5) is 13.2 Å². The Balaban J connectivity index is 2.05. The van der Waals surface area contributed by atoms with E-state index in [2.05, 4.69) is 5.32 Å². The average Bonchev–Trinajstić information content (AvgIpc) is 2.92. The fourth-order valence-corrected chi connectivity index (χ4v) is 2.79. The maximum atomic E-state index is 12.4. The minimum absolute atomic E-state index is 0.0343. The highest BCUT2D eigenvalue weighted by molar-refractivity contribution is 7.07. The second-order valence-electron chi connectivity index (χ2n) is 5.27. The van der Waals surface area contributed by atoms with E-state index in [1.54, 1.807) is 11.3 Å². The fourth-order valence-electron chi connectivity index (χ4n) is 2.11. The molecule has 0 radical (unpaired) electrons. The van der Waals surface area contributed by atoms with Crippen molar-refractivity contribution >= 4 is 11.3 Å². The van der Waals surface area contributed by atoms with E-state index in [1.165, 1.54) is 0 Å². The Labute approximate surface area is 133 Å². The molecule has 0 aliphatic carbocycles. The first-order valence-corrected chi connectivity index (χ1v) is 7.83. The summed E-state index contributed by atoms with van der Waals surface area (Å²) in [6, 6.07) is 2.02. The summed E-state index contributed by atoms with van der Waals surface area (Å²) in [6.07, 6.45) is -2.83. The number of aromatic amines is 1. The van der Waals surface area contributed by atoms with Crippen molar-refractivity contribution in [1.82, 2.24) is 14.9 Å². The minimum atomic E-state index is -4.53. The normalized spacial score (nSPS) is 13.2. The molecule has 0 aliphatic heterocycles. The maximum Gasteiger partial charge on any atom is 0.406 e. The van der Waals surface area contributed by atoms with Gasteiger partial charge in [0.2, 0.25) is 0 Å². The van der Waals surface area contributed by atoms with Crippen molar-refractivity contribution in [2.75, 3.05) is 0 Å². The summed E-state index contributed by atoms with van der Waals surface area (Å²) in [5.74, 6) is 0. The third-order valence-corrected chi connectivity index (χ3v) is 3.93. The molecule has 0 unspecified atom stereocenters. The largest absolute Gasteiger partial charge is 0.406 e. The molecule has 2 N–H and O–H groups in total. The van der Waals surface area contributed by atoms with Gasteiger partial charge in [-0.15, -0.1) is 0 Å². The molecule has 0 saturated heterocycles. The molecule has 1 atom stereocenters. The van der Waals surface area contributed by atoms with Gasteiger partial charge in [0.05, 0.1) is 0 Å². The van der Waals surface area contributed by atoms with Gasteiger partial charge in [-0.3, -0.25) is 14.3 Å². The second-order valence-corrected chi connectivity index (χ2v) is 6.05. The molecule has 126 valence electrons. The van der Waals surface area contributed by atoms with Crippen LogP contribution in [0.3, 0.4) is 0 Å². The highest BCUT2D eigenvalue weighted by atomic mass is 32.1. The number of alkyl halides is 3. The molecule has 23 heavy (non-hydrogen) atoms. The van der Waals surface area contributed by atoms with E-state index in [9.17, 15) is 22.8 Å². The van der Waals surface area contributed by atoms with Crippen LogP contribution in [0.25, 0.3) is 0 Å². The predicted molar refractivity (Wildman–Crippen MR) is 81.7 cm³/mol. The van der Waals surface area contributed by atoms with Gasteiger partial charge in [0.15, 0.2) is 0 Å². The van der Waals surface area contributed by atoms with Crippen molar-refractivity contribution in [1.29, 1.82) is 0 Å². The van der Waals surface area contributed by atoms with E-state index in [0.717, 1.165) is 18.2 Å². The molecule has 2 heterocycles. The maximum absolute atomic E-state index is 12.4. The fraction of sp³-hybridized carbons (Fsp3) is 0.429. The molecule has 2 aromatic heterocycles. The summed E-state index contributed by atoms with van der Waals surface area (Å²) in [5.41, 5.74) is -0.511. The number of nitrogens with one attached hydrogen (secondary N) is 2. The number of thiophene rings is 1. The quantitative estimate of drug-likeness (QED) is 0.839. The SMILES string of the molecule is C[C@@H](Cc1ccsc1)NCc1cn(CC(F)(F)F)c(=O)[nH]c1=O. The Hall–Kier alpha value is -1.87. The topological polar surface area (TPSA) is 66.9 Å². The first-order valence-electron chi connectivity index (χ1n) is 6.88. The van der Waals surface area contributed by atoms with Crippen molar-refractivity contribution in [2.24, 2.45) is 0 Å². The number of H-pyrrole nitrogens is 1. The molecule has 2 aromatic rings. The lowest BCUT2D eigenvalue weighted by atomic mass is 10.1. The molecule has 0 fully saturated rings. The van der Waals surface area contributed by atoms with Gasteiger partial charge >= 0.3 is 11.9 Å². The van der Waals surface area contributed by atoms with Gasteiger partial charge in [-0.1, -0.05) is 0 Å². The number of hydrogen-bond donors (Lipinski definition) is 2.